The van der Waals surface area contributed by atoms with Gasteiger partial charge in [-0.3, -0.25) is 4.79 Å². The summed E-state index contributed by atoms with van der Waals surface area (Å²) in [5.41, 5.74) is 2.25. The maximum absolute atomic E-state index is 13.2. The highest BCUT2D eigenvalue weighted by molar-refractivity contribution is 7.89. The van der Waals surface area contributed by atoms with Gasteiger partial charge < -0.3 is 15.4 Å². The van der Waals surface area contributed by atoms with E-state index >= 15 is 0 Å². The molecule has 0 saturated carbocycles. The van der Waals surface area contributed by atoms with E-state index in [2.05, 4.69) is 39.6 Å². The Balaban J connectivity index is 1.18. The number of benzene rings is 4. The van der Waals surface area contributed by atoms with Crippen molar-refractivity contribution in [1.82, 2.24) is 15.4 Å². The van der Waals surface area contributed by atoms with Crippen molar-refractivity contribution >= 4 is 15.9 Å². The first-order valence-electron chi connectivity index (χ1n) is 13.4. The highest BCUT2D eigenvalue weighted by atomic mass is 32.2. The minimum atomic E-state index is -3.77. The second kappa shape index (κ2) is 12.9. The fourth-order valence-electron chi connectivity index (χ4n) is 4.98. The molecule has 8 heteroatoms. The maximum Gasteiger partial charge on any atom is 0.240 e. The Morgan fingerprint density at radius 3 is 1.93 bits per heavy atom. The zero-order chi connectivity index (χ0) is 27.8. The third-order valence-corrected chi connectivity index (χ3v) is 8.58. The van der Waals surface area contributed by atoms with Crippen LogP contribution in [-0.2, 0) is 14.8 Å². The summed E-state index contributed by atoms with van der Waals surface area (Å²) in [5.74, 6) is 0.801. The molecule has 1 heterocycles. The Bertz CT molecular complexity index is 1440. The molecule has 1 aliphatic rings. The Kier molecular flexibility index (Phi) is 8.91. The molecule has 5 rings (SSSR count). The van der Waals surface area contributed by atoms with Crippen LogP contribution in [0.3, 0.4) is 0 Å². The Labute approximate surface area is 235 Å². The fraction of sp³-hybridized carbons (Fsp3) is 0.219. The minimum absolute atomic E-state index is 0.0195. The third-order valence-electron chi connectivity index (χ3n) is 7.04. The summed E-state index contributed by atoms with van der Waals surface area (Å²) in [7, 11) is -3.77. The van der Waals surface area contributed by atoms with E-state index in [4.69, 9.17) is 4.74 Å². The van der Waals surface area contributed by atoms with Gasteiger partial charge in [-0.15, -0.1) is 0 Å². The van der Waals surface area contributed by atoms with Crippen LogP contribution in [0.4, 0.5) is 0 Å². The van der Waals surface area contributed by atoms with E-state index in [-0.39, 0.29) is 22.6 Å². The van der Waals surface area contributed by atoms with Crippen molar-refractivity contribution in [1.29, 1.82) is 0 Å². The molecule has 1 aliphatic heterocycles. The summed E-state index contributed by atoms with van der Waals surface area (Å²) >= 11 is 0. The van der Waals surface area contributed by atoms with Crippen molar-refractivity contribution in [2.75, 3.05) is 19.6 Å². The molecule has 4 aromatic rings. The van der Waals surface area contributed by atoms with Gasteiger partial charge >= 0.3 is 0 Å². The standard InChI is InChI=1S/C32H33N3O4S/c36-32(34-23-31(24-10-4-1-5-11-24)25-12-6-2-7-13-25)26-20-27(22-33-21-26)35-40(37,38)30-18-16-29(17-19-30)39-28-14-8-3-9-15-28/h1-19,26-27,31,33,35H,20-23H2,(H,34,36)/t26-,27+/m0/s1. The monoisotopic (exact) mass is 555 g/mol. The number of hydrogen-bond donors (Lipinski definition) is 3. The number of carbonyl (C=O) groups is 1. The lowest BCUT2D eigenvalue weighted by molar-refractivity contribution is -0.125. The van der Waals surface area contributed by atoms with Gasteiger partial charge in [-0.1, -0.05) is 78.9 Å². The largest absolute Gasteiger partial charge is 0.457 e. The maximum atomic E-state index is 13.2. The van der Waals surface area contributed by atoms with Crippen molar-refractivity contribution in [3.8, 4) is 11.5 Å². The molecule has 0 aromatic heterocycles. The molecule has 0 spiro atoms. The fourth-order valence-corrected chi connectivity index (χ4v) is 6.23. The molecule has 206 valence electrons. The van der Waals surface area contributed by atoms with Gasteiger partial charge in [-0.2, -0.15) is 0 Å². The van der Waals surface area contributed by atoms with Crippen LogP contribution < -0.4 is 20.1 Å². The number of carbonyl (C=O) groups excluding carboxylic acids is 1. The van der Waals surface area contributed by atoms with Crippen LogP contribution in [0.2, 0.25) is 0 Å². The van der Waals surface area contributed by atoms with Gasteiger partial charge in [-0.25, -0.2) is 13.1 Å². The number of para-hydroxylation sites is 1. The molecule has 1 amide bonds. The predicted molar refractivity (Wildman–Crippen MR) is 156 cm³/mol. The molecule has 0 aliphatic carbocycles. The van der Waals surface area contributed by atoms with Crippen molar-refractivity contribution in [3.05, 3.63) is 126 Å². The van der Waals surface area contributed by atoms with Crippen LogP contribution in [0.15, 0.2) is 120 Å². The minimum Gasteiger partial charge on any atom is -0.457 e. The zero-order valence-corrected chi connectivity index (χ0v) is 22.9. The quantitative estimate of drug-likeness (QED) is 0.264. The van der Waals surface area contributed by atoms with Crippen LogP contribution in [0, 0.1) is 5.92 Å². The smallest absolute Gasteiger partial charge is 0.240 e. The first-order chi connectivity index (χ1) is 19.5. The number of sulfonamides is 1. The summed E-state index contributed by atoms with van der Waals surface area (Å²) in [6, 6.07) is 35.4. The number of hydrogen-bond acceptors (Lipinski definition) is 5. The molecule has 0 bridgehead atoms. The highest BCUT2D eigenvalue weighted by Gasteiger charge is 2.30. The molecular formula is C32H33N3O4S. The molecule has 7 nitrogen and oxygen atoms in total. The summed E-state index contributed by atoms with van der Waals surface area (Å²) in [4.78, 5) is 13.3. The van der Waals surface area contributed by atoms with Crippen molar-refractivity contribution in [2.24, 2.45) is 5.92 Å². The first-order valence-corrected chi connectivity index (χ1v) is 14.9. The number of nitrogens with one attached hydrogen (secondary N) is 3. The van der Waals surface area contributed by atoms with E-state index in [1.807, 2.05) is 66.7 Å². The topological polar surface area (TPSA) is 96.5 Å². The molecule has 3 N–H and O–H groups in total. The Morgan fingerprint density at radius 2 is 1.32 bits per heavy atom. The van der Waals surface area contributed by atoms with Gasteiger partial charge in [0.05, 0.1) is 10.8 Å². The average Bonchev–Trinajstić information content (AvgIpc) is 2.99. The Morgan fingerprint density at radius 1 is 0.775 bits per heavy atom. The molecule has 2 atom stereocenters. The molecule has 0 radical (unpaired) electrons. The van der Waals surface area contributed by atoms with Crippen LogP contribution >= 0.6 is 0 Å². The molecule has 1 saturated heterocycles. The van der Waals surface area contributed by atoms with Crippen molar-refractivity contribution in [3.63, 3.8) is 0 Å². The van der Waals surface area contributed by atoms with E-state index in [1.54, 1.807) is 12.1 Å². The van der Waals surface area contributed by atoms with Crippen molar-refractivity contribution < 1.29 is 17.9 Å². The lowest BCUT2D eigenvalue weighted by Gasteiger charge is -2.30. The van der Waals surface area contributed by atoms with E-state index in [0.29, 0.717) is 37.6 Å². The lowest BCUT2D eigenvalue weighted by atomic mass is 9.90. The molecule has 0 unspecified atom stereocenters. The van der Waals surface area contributed by atoms with E-state index in [9.17, 15) is 13.2 Å². The number of ether oxygens (including phenoxy) is 1. The predicted octanol–water partition coefficient (Wildman–Crippen LogP) is 4.68. The number of piperidine rings is 1. The second-order valence-electron chi connectivity index (χ2n) is 9.91. The average molecular weight is 556 g/mol. The number of rotatable bonds is 10. The zero-order valence-electron chi connectivity index (χ0n) is 22.1. The van der Waals surface area contributed by atoms with Crippen LogP contribution in [-0.4, -0.2) is 40.0 Å². The SMILES string of the molecule is O=C(NCC(c1ccccc1)c1ccccc1)[C@@H]1CNC[C@H](NS(=O)(=O)c2ccc(Oc3ccccc3)cc2)C1. The van der Waals surface area contributed by atoms with E-state index < -0.39 is 16.1 Å². The van der Waals surface area contributed by atoms with Crippen LogP contribution in [0.1, 0.15) is 23.5 Å². The van der Waals surface area contributed by atoms with Gasteiger partial charge in [0.1, 0.15) is 11.5 Å². The molecule has 4 aromatic carbocycles. The molecule has 1 fully saturated rings. The van der Waals surface area contributed by atoms with Crippen LogP contribution in [0.25, 0.3) is 0 Å². The Hall–Kier alpha value is -3.98. The second-order valence-corrected chi connectivity index (χ2v) is 11.6. The normalized spacial score (nSPS) is 17.3. The summed E-state index contributed by atoms with van der Waals surface area (Å²) < 4.78 is 34.7. The summed E-state index contributed by atoms with van der Waals surface area (Å²) in [6.07, 6.45) is 0.411. The van der Waals surface area contributed by atoms with Gasteiger partial charge in [-0.05, 0) is 53.9 Å². The highest BCUT2D eigenvalue weighted by Crippen LogP contribution is 2.25. The van der Waals surface area contributed by atoms with Crippen molar-refractivity contribution in [2.45, 2.75) is 23.3 Å². The van der Waals surface area contributed by atoms with Gasteiger partial charge in [0.25, 0.3) is 0 Å². The van der Waals surface area contributed by atoms with E-state index in [1.165, 1.54) is 12.1 Å². The summed E-state index contributed by atoms with van der Waals surface area (Å²) in [6.45, 7) is 1.41. The third kappa shape index (κ3) is 7.15. The summed E-state index contributed by atoms with van der Waals surface area (Å²) in [5, 5.41) is 6.34. The van der Waals surface area contributed by atoms with E-state index in [0.717, 1.165) is 11.1 Å². The van der Waals surface area contributed by atoms with Crippen LogP contribution in [0.5, 0.6) is 11.5 Å². The van der Waals surface area contributed by atoms with Gasteiger partial charge in [0.15, 0.2) is 0 Å². The molecule has 40 heavy (non-hydrogen) atoms. The van der Waals surface area contributed by atoms with Gasteiger partial charge in [0.2, 0.25) is 15.9 Å². The number of amides is 1. The van der Waals surface area contributed by atoms with Gasteiger partial charge in [0, 0.05) is 31.6 Å². The molecular weight excluding hydrogens is 522 g/mol. The first kappa shape index (κ1) is 27.6. The lowest BCUT2D eigenvalue weighted by Crippen LogP contribution is -2.52.